The van der Waals surface area contributed by atoms with Gasteiger partial charge in [0.1, 0.15) is 11.6 Å². The molecular weight excluding hydrogens is 429 g/mol. The van der Waals surface area contributed by atoms with Gasteiger partial charge >= 0.3 is 0 Å². The molecule has 5 rings (SSSR count). The molecular formula is C23H20FN5O2S. The van der Waals surface area contributed by atoms with E-state index in [0.717, 1.165) is 24.1 Å². The van der Waals surface area contributed by atoms with Crippen molar-refractivity contribution in [3.8, 4) is 17.5 Å². The Hall–Kier alpha value is -3.35. The Bertz CT molecular complexity index is 1330. The van der Waals surface area contributed by atoms with Gasteiger partial charge in [-0.3, -0.25) is 0 Å². The molecule has 0 atom stereocenters. The van der Waals surface area contributed by atoms with Crippen LogP contribution in [-0.4, -0.2) is 35.3 Å². The maximum absolute atomic E-state index is 13.7. The van der Waals surface area contributed by atoms with E-state index in [9.17, 15) is 12.8 Å². The summed E-state index contributed by atoms with van der Waals surface area (Å²) in [6.45, 7) is 0.425. The fraction of sp³-hybridized carbons (Fsp3) is 0.261. The maximum Gasteiger partial charge on any atom is 0.243 e. The fourth-order valence-corrected chi connectivity index (χ4v) is 5.15. The number of benzene rings is 2. The van der Waals surface area contributed by atoms with E-state index >= 15 is 0 Å². The Morgan fingerprint density at radius 1 is 1.12 bits per heavy atom. The van der Waals surface area contributed by atoms with Gasteiger partial charge in [0.15, 0.2) is 5.82 Å². The average Bonchev–Trinajstić information content (AvgIpc) is 3.63. The largest absolute Gasteiger partial charge is 0.367 e. The summed E-state index contributed by atoms with van der Waals surface area (Å²) in [5.41, 5.74) is 2.51. The van der Waals surface area contributed by atoms with Gasteiger partial charge in [-0.15, -0.1) is 0 Å². The second-order valence-corrected chi connectivity index (χ2v) is 9.91. The predicted molar refractivity (Wildman–Crippen MR) is 117 cm³/mol. The maximum atomic E-state index is 13.7. The highest BCUT2D eigenvalue weighted by Gasteiger charge is 2.33. The second-order valence-electron chi connectivity index (χ2n) is 7.97. The lowest BCUT2D eigenvalue weighted by atomic mass is 10.1. The molecule has 1 aliphatic heterocycles. The standard InChI is InChI=1S/C23H20FN5O2S/c24-17-3-1-2-16(12-17)22-27-21-10-11-29(14-20(21)23(28-22)26-18-6-7-18)32(30,31)19-8-4-15(13-25)5-9-19/h1-5,8-9,12,18H,6-7,10-11,14H2,(H,26,27,28). The van der Waals surface area contributed by atoms with Gasteiger partial charge in [-0.1, -0.05) is 12.1 Å². The van der Waals surface area contributed by atoms with Crippen LogP contribution in [0.2, 0.25) is 0 Å². The number of aromatic nitrogens is 2. The average molecular weight is 450 g/mol. The molecule has 1 aliphatic carbocycles. The Morgan fingerprint density at radius 2 is 1.91 bits per heavy atom. The first kappa shape index (κ1) is 20.5. The second kappa shape index (κ2) is 7.97. The molecule has 2 aromatic carbocycles. The highest BCUT2D eigenvalue weighted by molar-refractivity contribution is 7.89. The van der Waals surface area contributed by atoms with Crippen molar-refractivity contribution < 1.29 is 12.8 Å². The molecule has 1 fully saturated rings. The van der Waals surface area contributed by atoms with Crippen LogP contribution in [0.3, 0.4) is 0 Å². The van der Waals surface area contributed by atoms with Crippen molar-refractivity contribution in [3.05, 3.63) is 71.2 Å². The minimum absolute atomic E-state index is 0.147. The summed E-state index contributed by atoms with van der Waals surface area (Å²) in [4.78, 5) is 9.44. The Morgan fingerprint density at radius 3 is 2.59 bits per heavy atom. The van der Waals surface area contributed by atoms with Gasteiger partial charge in [-0.05, 0) is 49.2 Å². The van der Waals surface area contributed by atoms with Gasteiger partial charge in [0.2, 0.25) is 10.0 Å². The molecule has 2 heterocycles. The van der Waals surface area contributed by atoms with Gasteiger partial charge in [-0.2, -0.15) is 9.57 Å². The summed E-state index contributed by atoms with van der Waals surface area (Å²) in [7, 11) is -3.74. The first-order valence-electron chi connectivity index (χ1n) is 10.4. The third-order valence-corrected chi connectivity index (χ3v) is 7.51. The minimum atomic E-state index is -3.74. The lowest BCUT2D eigenvalue weighted by molar-refractivity contribution is 0.387. The van der Waals surface area contributed by atoms with E-state index < -0.39 is 10.0 Å². The third-order valence-electron chi connectivity index (χ3n) is 5.65. The number of nitriles is 1. The van der Waals surface area contributed by atoms with Crippen molar-refractivity contribution in [2.45, 2.75) is 36.7 Å². The van der Waals surface area contributed by atoms with Crippen molar-refractivity contribution in [1.82, 2.24) is 14.3 Å². The molecule has 162 valence electrons. The zero-order chi connectivity index (χ0) is 22.3. The molecule has 1 aromatic heterocycles. The Balaban J connectivity index is 1.51. The molecule has 9 heteroatoms. The number of nitrogens with one attached hydrogen (secondary N) is 1. The van der Waals surface area contributed by atoms with Crippen LogP contribution in [-0.2, 0) is 23.0 Å². The van der Waals surface area contributed by atoms with Crippen LogP contribution in [0.1, 0.15) is 29.7 Å². The van der Waals surface area contributed by atoms with Gasteiger partial charge in [0.25, 0.3) is 0 Å². The van der Waals surface area contributed by atoms with E-state index in [4.69, 9.17) is 5.26 Å². The summed E-state index contributed by atoms with van der Waals surface area (Å²) >= 11 is 0. The number of nitrogens with zero attached hydrogens (tertiary/aromatic N) is 4. The molecule has 2 aliphatic rings. The van der Waals surface area contributed by atoms with Crippen molar-refractivity contribution in [2.24, 2.45) is 0 Å². The first-order valence-corrected chi connectivity index (χ1v) is 11.8. The highest BCUT2D eigenvalue weighted by atomic mass is 32.2. The van der Waals surface area contributed by atoms with Gasteiger partial charge < -0.3 is 5.32 Å². The molecule has 0 radical (unpaired) electrons. The van der Waals surface area contributed by atoms with Crippen molar-refractivity contribution in [1.29, 1.82) is 5.26 Å². The molecule has 1 saturated carbocycles. The van der Waals surface area contributed by atoms with Crippen LogP contribution < -0.4 is 5.32 Å². The zero-order valence-electron chi connectivity index (χ0n) is 17.1. The van der Waals surface area contributed by atoms with Crippen LogP contribution in [0, 0.1) is 17.1 Å². The van der Waals surface area contributed by atoms with Crippen molar-refractivity contribution in [2.75, 3.05) is 11.9 Å². The number of halogens is 1. The Labute approximate surface area is 185 Å². The molecule has 3 aromatic rings. The quantitative estimate of drug-likeness (QED) is 0.640. The van der Waals surface area contributed by atoms with E-state index in [0.29, 0.717) is 35.2 Å². The topological polar surface area (TPSA) is 99.0 Å². The third kappa shape index (κ3) is 3.95. The lowest BCUT2D eigenvalue weighted by Crippen LogP contribution is -2.37. The van der Waals surface area contributed by atoms with Crippen LogP contribution in [0.4, 0.5) is 10.2 Å². The highest BCUT2D eigenvalue weighted by Crippen LogP contribution is 2.33. The molecule has 0 saturated heterocycles. The van der Waals surface area contributed by atoms with E-state index in [1.165, 1.54) is 40.7 Å². The van der Waals surface area contributed by atoms with Gasteiger partial charge in [-0.25, -0.2) is 22.8 Å². The number of fused-ring (bicyclic) bond motifs is 1. The van der Waals surface area contributed by atoms with Gasteiger partial charge in [0.05, 0.1) is 22.2 Å². The fourth-order valence-electron chi connectivity index (χ4n) is 3.74. The Kier molecular flexibility index (Phi) is 5.12. The number of sulfonamides is 1. The number of rotatable bonds is 5. The monoisotopic (exact) mass is 449 g/mol. The lowest BCUT2D eigenvalue weighted by Gasteiger charge is -2.29. The summed E-state index contributed by atoms with van der Waals surface area (Å²) in [6.07, 6.45) is 2.48. The van der Waals surface area contributed by atoms with Crippen molar-refractivity contribution in [3.63, 3.8) is 0 Å². The number of hydrogen-bond donors (Lipinski definition) is 1. The smallest absolute Gasteiger partial charge is 0.243 e. The SMILES string of the molecule is N#Cc1ccc(S(=O)(=O)N2CCc3nc(-c4cccc(F)c4)nc(NC4CC4)c3C2)cc1. The van der Waals surface area contributed by atoms with Crippen LogP contribution in [0.5, 0.6) is 0 Å². The summed E-state index contributed by atoms with van der Waals surface area (Å²) in [5.74, 6) is 0.673. The molecule has 0 amide bonds. The molecule has 0 bridgehead atoms. The number of hydrogen-bond acceptors (Lipinski definition) is 6. The van der Waals surface area contributed by atoms with E-state index in [1.54, 1.807) is 12.1 Å². The van der Waals surface area contributed by atoms with Crippen LogP contribution in [0.25, 0.3) is 11.4 Å². The molecule has 1 N–H and O–H groups in total. The van der Waals surface area contributed by atoms with E-state index in [2.05, 4.69) is 15.3 Å². The van der Waals surface area contributed by atoms with Gasteiger partial charge in [0, 0.05) is 36.7 Å². The molecule has 32 heavy (non-hydrogen) atoms. The number of anilines is 1. The predicted octanol–water partition coefficient (Wildman–Crippen LogP) is 3.48. The van der Waals surface area contributed by atoms with Crippen molar-refractivity contribution >= 4 is 15.8 Å². The van der Waals surface area contributed by atoms with E-state index in [1.807, 2.05) is 6.07 Å². The summed E-state index contributed by atoms with van der Waals surface area (Å²) < 4.78 is 41.6. The first-order chi connectivity index (χ1) is 15.4. The van der Waals surface area contributed by atoms with E-state index in [-0.39, 0.29) is 23.8 Å². The summed E-state index contributed by atoms with van der Waals surface area (Å²) in [5, 5.41) is 12.4. The molecule has 0 unspecified atom stereocenters. The zero-order valence-corrected chi connectivity index (χ0v) is 17.9. The van der Waals surface area contributed by atoms with Crippen LogP contribution in [0.15, 0.2) is 53.4 Å². The summed E-state index contributed by atoms with van der Waals surface area (Å²) in [6, 6.07) is 14.4. The minimum Gasteiger partial charge on any atom is -0.367 e. The molecule has 7 nitrogen and oxygen atoms in total. The van der Waals surface area contributed by atoms with Crippen LogP contribution >= 0.6 is 0 Å². The molecule has 0 spiro atoms. The normalized spacial score (nSPS) is 16.2.